The van der Waals surface area contributed by atoms with Crippen molar-refractivity contribution >= 4 is 11.9 Å². The van der Waals surface area contributed by atoms with Crippen molar-refractivity contribution in [2.75, 3.05) is 13.2 Å². The maximum absolute atomic E-state index is 13.5. The van der Waals surface area contributed by atoms with E-state index in [2.05, 4.69) is 6.92 Å². The Morgan fingerprint density at radius 1 is 0.906 bits per heavy atom. The fourth-order valence-corrected chi connectivity index (χ4v) is 4.26. The molecule has 1 aliphatic heterocycles. The number of amides is 1. The van der Waals surface area contributed by atoms with Gasteiger partial charge in [-0.15, -0.1) is 0 Å². The summed E-state index contributed by atoms with van der Waals surface area (Å²) >= 11 is 0. The van der Waals surface area contributed by atoms with Crippen LogP contribution in [0.5, 0.6) is 0 Å². The van der Waals surface area contributed by atoms with Crippen LogP contribution in [0.3, 0.4) is 0 Å². The molecule has 6 heteroatoms. The van der Waals surface area contributed by atoms with Crippen LogP contribution in [0.4, 0.5) is 8.78 Å². The lowest BCUT2D eigenvalue weighted by molar-refractivity contribution is -0.148. The molecular weight excluding hydrogens is 412 g/mol. The highest BCUT2D eigenvalue weighted by Gasteiger charge is 2.35. The molecule has 1 saturated heterocycles. The molecule has 0 aliphatic carbocycles. The van der Waals surface area contributed by atoms with Gasteiger partial charge in [-0.05, 0) is 37.5 Å². The molecule has 180 valence electrons. The Hall–Kier alpha value is -1.98. The molecule has 0 aromatic heterocycles. The summed E-state index contributed by atoms with van der Waals surface area (Å²) in [4.78, 5) is 26.5. The summed E-state index contributed by atoms with van der Waals surface area (Å²) in [5.41, 5.74) is 0.0459. The Kier molecular flexibility index (Phi) is 12.3. The zero-order chi connectivity index (χ0) is 23.2. The van der Waals surface area contributed by atoms with Crippen molar-refractivity contribution in [2.45, 2.75) is 103 Å². The minimum atomic E-state index is -1.07. The van der Waals surface area contributed by atoms with Gasteiger partial charge < -0.3 is 9.64 Å². The average molecular weight is 452 g/mol. The van der Waals surface area contributed by atoms with Crippen molar-refractivity contribution in [3.8, 4) is 0 Å². The fourth-order valence-electron chi connectivity index (χ4n) is 4.26. The molecular formula is C26H39F2NO3. The number of unbranched alkanes of at least 4 members (excludes halogenated alkanes) is 11. The number of nitrogens with zero attached hydrogens (tertiary/aromatic N) is 1. The summed E-state index contributed by atoms with van der Waals surface area (Å²) in [6, 6.07) is 2.41. The standard InChI is InChI=1S/C26H39F2NO3/c1-2-3-4-5-6-7-8-9-10-11-12-13-19-32-26(31)24-15-14-18-29(24)25(30)21-16-17-22(27)23(28)20-21/h16-17,20,24H,2-15,18-19H2,1H3. The molecule has 1 fully saturated rings. The Morgan fingerprint density at radius 2 is 1.50 bits per heavy atom. The smallest absolute Gasteiger partial charge is 0.328 e. The van der Waals surface area contributed by atoms with Crippen LogP contribution in [-0.4, -0.2) is 36.0 Å². The van der Waals surface area contributed by atoms with Crippen molar-refractivity contribution in [1.82, 2.24) is 4.90 Å². The second-order valence-corrected chi connectivity index (χ2v) is 8.84. The number of carbonyl (C=O) groups is 2. The molecule has 1 aliphatic rings. The van der Waals surface area contributed by atoms with Crippen molar-refractivity contribution in [2.24, 2.45) is 0 Å². The van der Waals surface area contributed by atoms with Crippen LogP contribution in [0.2, 0.25) is 0 Å². The lowest BCUT2D eigenvalue weighted by Crippen LogP contribution is -2.41. The number of hydrogen-bond acceptors (Lipinski definition) is 3. The summed E-state index contributed by atoms with van der Waals surface area (Å²) in [6.07, 6.45) is 16.1. The van der Waals surface area contributed by atoms with Gasteiger partial charge in [0.25, 0.3) is 5.91 Å². The number of benzene rings is 1. The molecule has 1 aromatic rings. The lowest BCUT2D eigenvalue weighted by Gasteiger charge is -2.23. The highest BCUT2D eigenvalue weighted by atomic mass is 19.2. The van der Waals surface area contributed by atoms with Crippen LogP contribution in [0.25, 0.3) is 0 Å². The second kappa shape index (κ2) is 15.0. The van der Waals surface area contributed by atoms with E-state index in [0.29, 0.717) is 26.0 Å². The monoisotopic (exact) mass is 451 g/mol. The Labute approximate surface area is 191 Å². The minimum absolute atomic E-state index is 0.0459. The van der Waals surface area contributed by atoms with Crippen molar-refractivity contribution < 1.29 is 23.1 Å². The Bertz CT molecular complexity index is 710. The third kappa shape index (κ3) is 8.87. The summed E-state index contributed by atoms with van der Waals surface area (Å²) in [5.74, 6) is -2.93. The summed E-state index contributed by atoms with van der Waals surface area (Å²) < 4.78 is 32.0. The van der Waals surface area contributed by atoms with Gasteiger partial charge in [-0.2, -0.15) is 0 Å². The lowest BCUT2D eigenvalue weighted by atomic mass is 10.1. The van der Waals surface area contributed by atoms with Gasteiger partial charge in [-0.3, -0.25) is 4.79 Å². The maximum Gasteiger partial charge on any atom is 0.328 e. The molecule has 32 heavy (non-hydrogen) atoms. The zero-order valence-corrected chi connectivity index (χ0v) is 19.6. The summed E-state index contributed by atoms with van der Waals surface area (Å²) in [5, 5.41) is 0. The zero-order valence-electron chi connectivity index (χ0n) is 19.6. The second-order valence-electron chi connectivity index (χ2n) is 8.84. The molecule has 0 spiro atoms. The molecule has 0 bridgehead atoms. The SMILES string of the molecule is CCCCCCCCCCCCCCOC(=O)C1CCCN1C(=O)c1ccc(F)c(F)c1. The van der Waals surface area contributed by atoms with E-state index in [-0.39, 0.29) is 5.56 Å². The Balaban J connectivity index is 1.57. The molecule has 1 aromatic carbocycles. The van der Waals surface area contributed by atoms with E-state index >= 15 is 0 Å². The molecule has 1 unspecified atom stereocenters. The first-order valence-corrected chi connectivity index (χ1v) is 12.5. The van der Waals surface area contributed by atoms with E-state index in [1.165, 1.54) is 68.8 Å². The number of likely N-dealkylation sites (tertiary alicyclic amines) is 1. The van der Waals surface area contributed by atoms with Gasteiger partial charge in [0, 0.05) is 12.1 Å². The maximum atomic E-state index is 13.5. The first-order valence-electron chi connectivity index (χ1n) is 12.5. The van der Waals surface area contributed by atoms with Crippen molar-refractivity contribution in [1.29, 1.82) is 0 Å². The predicted octanol–water partition coefficient (Wildman–Crippen LogP) is 6.81. The van der Waals surface area contributed by atoms with Crippen molar-refractivity contribution in [3.63, 3.8) is 0 Å². The molecule has 2 rings (SSSR count). The topological polar surface area (TPSA) is 46.6 Å². The van der Waals surface area contributed by atoms with Crippen LogP contribution < -0.4 is 0 Å². The van der Waals surface area contributed by atoms with Crippen LogP contribution in [-0.2, 0) is 9.53 Å². The van der Waals surface area contributed by atoms with Crippen LogP contribution >= 0.6 is 0 Å². The van der Waals surface area contributed by atoms with Crippen LogP contribution in [0, 0.1) is 11.6 Å². The largest absolute Gasteiger partial charge is 0.464 e. The van der Waals surface area contributed by atoms with E-state index in [9.17, 15) is 18.4 Å². The normalized spacial score (nSPS) is 15.8. The molecule has 0 radical (unpaired) electrons. The van der Waals surface area contributed by atoms with E-state index in [1.54, 1.807) is 0 Å². The van der Waals surface area contributed by atoms with E-state index in [1.807, 2.05) is 0 Å². The summed E-state index contributed by atoms with van der Waals surface area (Å²) in [6.45, 7) is 3.01. The van der Waals surface area contributed by atoms with Gasteiger partial charge in [0.15, 0.2) is 11.6 Å². The minimum Gasteiger partial charge on any atom is -0.464 e. The van der Waals surface area contributed by atoms with E-state index < -0.39 is 29.6 Å². The third-order valence-electron chi connectivity index (χ3n) is 6.19. The van der Waals surface area contributed by atoms with Gasteiger partial charge in [0.2, 0.25) is 0 Å². The van der Waals surface area contributed by atoms with Crippen molar-refractivity contribution in [3.05, 3.63) is 35.4 Å². The van der Waals surface area contributed by atoms with Gasteiger partial charge in [0.05, 0.1) is 6.61 Å². The molecule has 0 saturated carbocycles. The Morgan fingerprint density at radius 3 is 2.09 bits per heavy atom. The third-order valence-corrected chi connectivity index (χ3v) is 6.19. The number of rotatable bonds is 15. The first-order chi connectivity index (χ1) is 15.5. The van der Waals surface area contributed by atoms with Gasteiger partial charge in [0.1, 0.15) is 6.04 Å². The number of carbonyl (C=O) groups excluding carboxylic acids is 2. The van der Waals surface area contributed by atoms with Crippen LogP contribution in [0.15, 0.2) is 18.2 Å². The van der Waals surface area contributed by atoms with Gasteiger partial charge in [-0.1, -0.05) is 77.6 Å². The average Bonchev–Trinajstić information content (AvgIpc) is 3.28. The molecule has 1 amide bonds. The first kappa shape index (κ1) is 26.3. The summed E-state index contributed by atoms with van der Waals surface area (Å²) in [7, 11) is 0. The molecule has 1 atom stereocenters. The van der Waals surface area contributed by atoms with Gasteiger partial charge >= 0.3 is 5.97 Å². The number of halogens is 2. The molecule has 4 nitrogen and oxygen atoms in total. The van der Waals surface area contributed by atoms with E-state index in [0.717, 1.165) is 31.4 Å². The molecule has 1 heterocycles. The quantitative estimate of drug-likeness (QED) is 0.217. The number of ether oxygens (including phenoxy) is 1. The highest BCUT2D eigenvalue weighted by molar-refractivity contribution is 5.97. The predicted molar refractivity (Wildman–Crippen MR) is 122 cm³/mol. The van der Waals surface area contributed by atoms with E-state index in [4.69, 9.17) is 4.74 Å². The van der Waals surface area contributed by atoms with Gasteiger partial charge in [-0.25, -0.2) is 13.6 Å². The fraction of sp³-hybridized carbons (Fsp3) is 0.692. The number of esters is 1. The number of hydrogen-bond donors (Lipinski definition) is 0. The highest BCUT2D eigenvalue weighted by Crippen LogP contribution is 2.22. The van der Waals surface area contributed by atoms with Crippen LogP contribution in [0.1, 0.15) is 107 Å². The molecule has 0 N–H and O–H groups in total.